The van der Waals surface area contributed by atoms with E-state index in [1.54, 1.807) is 4.90 Å². The van der Waals surface area contributed by atoms with E-state index in [9.17, 15) is 4.79 Å². The fourth-order valence-electron chi connectivity index (χ4n) is 1.91. The quantitative estimate of drug-likeness (QED) is 0.751. The van der Waals surface area contributed by atoms with Gasteiger partial charge in [-0.15, -0.1) is 0 Å². The minimum atomic E-state index is 0.208. The summed E-state index contributed by atoms with van der Waals surface area (Å²) in [6, 6.07) is 0.417. The Morgan fingerprint density at radius 2 is 2.16 bits per heavy atom. The normalized spacial score (nSPS) is 11.3. The molecule has 5 heteroatoms. The third-order valence-corrected chi connectivity index (χ3v) is 3.39. The maximum absolute atomic E-state index is 11.8. The van der Waals surface area contributed by atoms with Gasteiger partial charge in [0.25, 0.3) is 0 Å². The molecule has 1 rings (SSSR count). The molecule has 1 aromatic heterocycles. The average molecular weight is 266 g/mol. The Kier molecular flexibility index (Phi) is 6.02. The minimum absolute atomic E-state index is 0.208. The molecule has 108 valence electrons. The molecule has 0 unspecified atom stereocenters. The number of carbonyl (C=O) groups is 1. The summed E-state index contributed by atoms with van der Waals surface area (Å²) in [5, 5.41) is 4.18. The van der Waals surface area contributed by atoms with Crippen LogP contribution in [0.3, 0.4) is 0 Å². The highest BCUT2D eigenvalue weighted by Gasteiger charge is 2.14. The van der Waals surface area contributed by atoms with Gasteiger partial charge in [0.05, 0.1) is 6.20 Å². The highest BCUT2D eigenvalue weighted by Crippen LogP contribution is 2.08. The summed E-state index contributed by atoms with van der Waals surface area (Å²) >= 11 is 0. The van der Waals surface area contributed by atoms with Gasteiger partial charge in [-0.1, -0.05) is 0 Å². The Hall–Kier alpha value is -1.36. The van der Waals surface area contributed by atoms with Gasteiger partial charge in [-0.25, -0.2) is 0 Å². The van der Waals surface area contributed by atoms with E-state index in [1.807, 2.05) is 38.1 Å². The van der Waals surface area contributed by atoms with Crippen LogP contribution in [-0.4, -0.2) is 51.7 Å². The number of aryl methyl sites for hydroxylation is 1. The van der Waals surface area contributed by atoms with E-state index in [0.29, 0.717) is 12.5 Å². The maximum atomic E-state index is 11.8. The van der Waals surface area contributed by atoms with Crippen molar-refractivity contribution < 1.29 is 4.79 Å². The van der Waals surface area contributed by atoms with Crippen LogP contribution in [0, 0.1) is 0 Å². The lowest BCUT2D eigenvalue weighted by atomic mass is 10.2. The number of carbonyl (C=O) groups excluding carboxylic acids is 1. The second kappa shape index (κ2) is 7.28. The Labute approximate surface area is 116 Å². The van der Waals surface area contributed by atoms with E-state index >= 15 is 0 Å². The minimum Gasteiger partial charge on any atom is -0.346 e. The molecule has 0 aliphatic carbocycles. The van der Waals surface area contributed by atoms with Gasteiger partial charge >= 0.3 is 0 Å². The lowest BCUT2D eigenvalue weighted by Gasteiger charge is -2.26. The summed E-state index contributed by atoms with van der Waals surface area (Å²) in [6.45, 7) is 8.70. The van der Waals surface area contributed by atoms with Crippen molar-refractivity contribution in [2.45, 2.75) is 39.8 Å². The Morgan fingerprint density at radius 1 is 1.47 bits per heavy atom. The maximum Gasteiger partial charge on any atom is 0.223 e. The van der Waals surface area contributed by atoms with Crippen LogP contribution < -0.4 is 0 Å². The predicted molar refractivity (Wildman–Crippen MR) is 76.7 cm³/mol. The van der Waals surface area contributed by atoms with Crippen molar-refractivity contribution in [3.05, 3.63) is 18.0 Å². The molecule has 0 N–H and O–H groups in total. The number of rotatable bonds is 7. The average Bonchev–Trinajstić information content (AvgIpc) is 2.78. The van der Waals surface area contributed by atoms with E-state index in [-0.39, 0.29) is 5.91 Å². The van der Waals surface area contributed by atoms with Crippen molar-refractivity contribution in [1.82, 2.24) is 19.6 Å². The third-order valence-electron chi connectivity index (χ3n) is 3.39. The zero-order chi connectivity index (χ0) is 14.4. The molecule has 0 bridgehead atoms. The topological polar surface area (TPSA) is 41.4 Å². The Bertz CT molecular complexity index is 400. The zero-order valence-corrected chi connectivity index (χ0v) is 12.8. The summed E-state index contributed by atoms with van der Waals surface area (Å²) < 4.78 is 1.81. The van der Waals surface area contributed by atoms with E-state index in [0.717, 1.165) is 19.6 Å². The SMILES string of the molecule is CCN(C)C(=O)CCN(Cc1cnn(C)c1)C(C)C. The van der Waals surface area contributed by atoms with Gasteiger partial charge < -0.3 is 4.90 Å². The lowest BCUT2D eigenvalue weighted by molar-refractivity contribution is -0.130. The summed E-state index contributed by atoms with van der Waals surface area (Å²) in [6.07, 6.45) is 4.48. The second-order valence-corrected chi connectivity index (χ2v) is 5.24. The number of aromatic nitrogens is 2. The molecule has 1 heterocycles. The first-order valence-corrected chi connectivity index (χ1v) is 6.89. The van der Waals surface area contributed by atoms with Gasteiger partial charge in [0.15, 0.2) is 0 Å². The molecule has 1 amide bonds. The standard InChI is InChI=1S/C14H26N4O/c1-6-16(4)14(19)7-8-18(12(2)3)11-13-9-15-17(5)10-13/h9-10,12H,6-8,11H2,1-5H3. The fourth-order valence-corrected chi connectivity index (χ4v) is 1.91. The number of amides is 1. The van der Waals surface area contributed by atoms with Crippen LogP contribution in [0.5, 0.6) is 0 Å². The predicted octanol–water partition coefficient (Wildman–Crippen LogP) is 1.50. The second-order valence-electron chi connectivity index (χ2n) is 5.24. The molecule has 0 saturated carbocycles. The zero-order valence-electron chi connectivity index (χ0n) is 12.8. The summed E-state index contributed by atoms with van der Waals surface area (Å²) in [5.74, 6) is 0.208. The van der Waals surface area contributed by atoms with Crippen LogP contribution in [0.4, 0.5) is 0 Å². The first kappa shape index (κ1) is 15.7. The molecule has 0 spiro atoms. The van der Waals surface area contributed by atoms with Gasteiger partial charge in [-0.05, 0) is 20.8 Å². The summed E-state index contributed by atoms with van der Waals surface area (Å²) in [4.78, 5) is 15.9. The smallest absolute Gasteiger partial charge is 0.223 e. The molecule has 0 aliphatic rings. The first-order chi connectivity index (χ1) is 8.93. The molecule has 0 radical (unpaired) electrons. The number of hydrogen-bond acceptors (Lipinski definition) is 3. The molecule has 0 atom stereocenters. The number of nitrogens with zero attached hydrogens (tertiary/aromatic N) is 4. The largest absolute Gasteiger partial charge is 0.346 e. The van der Waals surface area contributed by atoms with Crippen LogP contribution in [-0.2, 0) is 18.4 Å². The van der Waals surface area contributed by atoms with Crippen LogP contribution in [0.25, 0.3) is 0 Å². The highest BCUT2D eigenvalue weighted by molar-refractivity contribution is 5.75. The fraction of sp³-hybridized carbons (Fsp3) is 0.714. The molecule has 0 aliphatic heterocycles. The van der Waals surface area contributed by atoms with E-state index in [2.05, 4.69) is 23.8 Å². The van der Waals surface area contributed by atoms with Crippen molar-refractivity contribution in [3.8, 4) is 0 Å². The summed E-state index contributed by atoms with van der Waals surface area (Å²) in [5.41, 5.74) is 1.19. The number of hydrogen-bond donors (Lipinski definition) is 0. The van der Waals surface area contributed by atoms with Crippen LogP contribution in [0.2, 0.25) is 0 Å². The molecule has 19 heavy (non-hydrogen) atoms. The molecule has 0 aromatic carbocycles. The first-order valence-electron chi connectivity index (χ1n) is 6.89. The molecular formula is C14H26N4O. The van der Waals surface area contributed by atoms with Gasteiger partial charge in [0.2, 0.25) is 5.91 Å². The van der Waals surface area contributed by atoms with Crippen molar-refractivity contribution in [2.75, 3.05) is 20.1 Å². The lowest BCUT2D eigenvalue weighted by Crippen LogP contribution is -2.35. The van der Waals surface area contributed by atoms with Crippen molar-refractivity contribution in [2.24, 2.45) is 7.05 Å². The van der Waals surface area contributed by atoms with Crippen molar-refractivity contribution in [3.63, 3.8) is 0 Å². The Balaban J connectivity index is 2.52. The van der Waals surface area contributed by atoms with E-state index in [1.165, 1.54) is 5.56 Å². The molecular weight excluding hydrogens is 240 g/mol. The van der Waals surface area contributed by atoms with Gasteiger partial charge in [0, 0.05) is 58.0 Å². The van der Waals surface area contributed by atoms with Gasteiger partial charge in [-0.3, -0.25) is 14.4 Å². The van der Waals surface area contributed by atoms with Crippen molar-refractivity contribution in [1.29, 1.82) is 0 Å². The highest BCUT2D eigenvalue weighted by atomic mass is 16.2. The van der Waals surface area contributed by atoms with Crippen LogP contribution in [0.15, 0.2) is 12.4 Å². The molecule has 0 fully saturated rings. The Morgan fingerprint density at radius 3 is 2.63 bits per heavy atom. The van der Waals surface area contributed by atoms with E-state index < -0.39 is 0 Å². The molecule has 5 nitrogen and oxygen atoms in total. The third kappa shape index (κ3) is 5.03. The van der Waals surface area contributed by atoms with E-state index in [4.69, 9.17) is 0 Å². The van der Waals surface area contributed by atoms with Crippen LogP contribution in [0.1, 0.15) is 32.8 Å². The van der Waals surface area contributed by atoms with Crippen LogP contribution >= 0.6 is 0 Å². The molecule has 1 aromatic rings. The van der Waals surface area contributed by atoms with Crippen molar-refractivity contribution >= 4 is 5.91 Å². The summed E-state index contributed by atoms with van der Waals surface area (Å²) in [7, 11) is 3.77. The molecule has 0 saturated heterocycles. The van der Waals surface area contributed by atoms with Gasteiger partial charge in [0.1, 0.15) is 0 Å². The monoisotopic (exact) mass is 266 g/mol. The van der Waals surface area contributed by atoms with Gasteiger partial charge in [-0.2, -0.15) is 5.10 Å².